The number of rotatable bonds is 4. The second kappa shape index (κ2) is 5.41. The summed E-state index contributed by atoms with van der Waals surface area (Å²) >= 11 is 5.68. The summed E-state index contributed by atoms with van der Waals surface area (Å²) in [7, 11) is 0. The fraction of sp³-hybridized carbons (Fsp3) is 0.462. The Balaban J connectivity index is 2.80. The third kappa shape index (κ3) is 3.93. The first-order chi connectivity index (χ1) is 7.85. The van der Waals surface area contributed by atoms with Crippen LogP contribution in [0.2, 0.25) is 0 Å². The molecule has 0 heterocycles. The molecule has 17 heavy (non-hydrogen) atoms. The fourth-order valence-corrected chi connectivity index (χ4v) is 1.95. The molecule has 0 bridgehead atoms. The number of phenolic OH excluding ortho intramolecular Hbond substituents is 1. The van der Waals surface area contributed by atoms with Gasteiger partial charge in [-0.2, -0.15) is 0 Å². The summed E-state index contributed by atoms with van der Waals surface area (Å²) in [6, 6.07) is 4.80. The van der Waals surface area contributed by atoms with Crippen molar-refractivity contribution >= 4 is 17.5 Å². The standard InChI is InChI=1S/C13H18ClNO2/c1-9-8-10(4-5-11(9)16)12(17)15-13(2,3)6-7-14/h4-5,8,16H,6-7H2,1-3H3,(H,15,17). The van der Waals surface area contributed by atoms with E-state index in [9.17, 15) is 9.90 Å². The first-order valence-corrected chi connectivity index (χ1v) is 6.07. The number of hydrogen-bond donors (Lipinski definition) is 2. The zero-order chi connectivity index (χ0) is 13.1. The lowest BCUT2D eigenvalue weighted by Gasteiger charge is -2.25. The van der Waals surface area contributed by atoms with Gasteiger partial charge in [0.25, 0.3) is 5.91 Å². The maximum Gasteiger partial charge on any atom is 0.251 e. The number of nitrogens with one attached hydrogen (secondary N) is 1. The van der Waals surface area contributed by atoms with Gasteiger partial charge in [0.05, 0.1) is 0 Å². The highest BCUT2D eigenvalue weighted by atomic mass is 35.5. The minimum Gasteiger partial charge on any atom is -0.508 e. The van der Waals surface area contributed by atoms with Gasteiger partial charge >= 0.3 is 0 Å². The van der Waals surface area contributed by atoms with Crippen molar-refractivity contribution in [2.75, 3.05) is 5.88 Å². The molecule has 1 aromatic rings. The molecule has 3 nitrogen and oxygen atoms in total. The number of carbonyl (C=O) groups excluding carboxylic acids is 1. The van der Waals surface area contributed by atoms with Crippen LogP contribution in [0.25, 0.3) is 0 Å². The van der Waals surface area contributed by atoms with Crippen molar-refractivity contribution in [1.29, 1.82) is 0 Å². The van der Waals surface area contributed by atoms with Gasteiger partial charge in [-0.1, -0.05) is 0 Å². The zero-order valence-corrected chi connectivity index (χ0v) is 11.1. The Bertz CT molecular complexity index is 416. The minimum absolute atomic E-state index is 0.150. The summed E-state index contributed by atoms with van der Waals surface area (Å²) < 4.78 is 0. The molecule has 0 saturated carbocycles. The first-order valence-electron chi connectivity index (χ1n) is 5.54. The van der Waals surface area contributed by atoms with E-state index >= 15 is 0 Å². The number of aryl methyl sites for hydroxylation is 1. The predicted molar refractivity (Wildman–Crippen MR) is 69.7 cm³/mol. The van der Waals surface area contributed by atoms with Crippen molar-refractivity contribution in [3.8, 4) is 5.75 Å². The molecule has 0 aliphatic rings. The van der Waals surface area contributed by atoms with E-state index < -0.39 is 0 Å². The van der Waals surface area contributed by atoms with Gasteiger partial charge in [0.15, 0.2) is 0 Å². The molecule has 94 valence electrons. The van der Waals surface area contributed by atoms with Crippen molar-refractivity contribution in [3.05, 3.63) is 29.3 Å². The Morgan fingerprint density at radius 3 is 2.65 bits per heavy atom. The predicted octanol–water partition coefficient (Wildman–Crippen LogP) is 2.84. The number of alkyl halides is 1. The van der Waals surface area contributed by atoms with Crippen LogP contribution >= 0.6 is 11.6 Å². The van der Waals surface area contributed by atoms with Gasteiger partial charge in [-0.25, -0.2) is 0 Å². The largest absolute Gasteiger partial charge is 0.508 e. The third-order valence-electron chi connectivity index (χ3n) is 2.63. The van der Waals surface area contributed by atoms with E-state index in [1.807, 2.05) is 13.8 Å². The van der Waals surface area contributed by atoms with Gasteiger partial charge in [0, 0.05) is 17.0 Å². The lowest BCUT2D eigenvalue weighted by Crippen LogP contribution is -2.43. The number of halogens is 1. The molecule has 0 aliphatic carbocycles. The second-order valence-corrected chi connectivity index (χ2v) is 5.16. The molecule has 0 aromatic heterocycles. The van der Waals surface area contributed by atoms with E-state index in [4.69, 9.17) is 11.6 Å². The molecule has 1 amide bonds. The molecular formula is C13H18ClNO2. The number of hydrogen-bond acceptors (Lipinski definition) is 2. The third-order valence-corrected chi connectivity index (χ3v) is 2.82. The Labute approximate surface area is 107 Å². The Hall–Kier alpha value is -1.22. The smallest absolute Gasteiger partial charge is 0.251 e. The van der Waals surface area contributed by atoms with Gasteiger partial charge in [-0.3, -0.25) is 4.79 Å². The van der Waals surface area contributed by atoms with Gasteiger partial charge < -0.3 is 10.4 Å². The zero-order valence-electron chi connectivity index (χ0n) is 10.4. The van der Waals surface area contributed by atoms with Gasteiger partial charge in [-0.05, 0) is 51.0 Å². The Kier molecular flexibility index (Phi) is 4.40. The van der Waals surface area contributed by atoms with Crippen LogP contribution in [0.5, 0.6) is 5.75 Å². The minimum atomic E-state index is -0.329. The normalized spacial score (nSPS) is 11.3. The molecule has 1 aromatic carbocycles. The summed E-state index contributed by atoms with van der Waals surface area (Å²) in [5.41, 5.74) is 0.903. The van der Waals surface area contributed by atoms with Crippen molar-refractivity contribution in [1.82, 2.24) is 5.32 Å². The van der Waals surface area contributed by atoms with Crippen molar-refractivity contribution in [2.45, 2.75) is 32.7 Å². The first kappa shape index (κ1) is 13.8. The Morgan fingerprint density at radius 1 is 1.47 bits per heavy atom. The van der Waals surface area contributed by atoms with Crippen LogP contribution in [0.3, 0.4) is 0 Å². The molecule has 0 saturated heterocycles. The van der Waals surface area contributed by atoms with E-state index in [1.54, 1.807) is 19.1 Å². The monoisotopic (exact) mass is 255 g/mol. The highest BCUT2D eigenvalue weighted by Gasteiger charge is 2.20. The molecule has 0 radical (unpaired) electrons. The maximum absolute atomic E-state index is 12.0. The lowest BCUT2D eigenvalue weighted by atomic mass is 10.0. The van der Waals surface area contributed by atoms with E-state index in [-0.39, 0.29) is 17.2 Å². The number of amides is 1. The molecule has 0 spiro atoms. The van der Waals surface area contributed by atoms with Gasteiger partial charge in [0.2, 0.25) is 0 Å². The summed E-state index contributed by atoms with van der Waals surface area (Å²) in [4.78, 5) is 12.0. The van der Waals surface area contributed by atoms with E-state index in [1.165, 1.54) is 6.07 Å². The van der Waals surface area contributed by atoms with Crippen LogP contribution in [0.1, 0.15) is 36.2 Å². The molecule has 0 atom stereocenters. The van der Waals surface area contributed by atoms with Crippen LogP contribution in [-0.4, -0.2) is 22.4 Å². The molecule has 0 fully saturated rings. The molecule has 1 rings (SSSR count). The van der Waals surface area contributed by atoms with Gasteiger partial charge in [-0.15, -0.1) is 11.6 Å². The summed E-state index contributed by atoms with van der Waals surface area (Å²) in [6.07, 6.45) is 0.706. The topological polar surface area (TPSA) is 49.3 Å². The van der Waals surface area contributed by atoms with Crippen LogP contribution in [0.4, 0.5) is 0 Å². The Morgan fingerprint density at radius 2 is 2.12 bits per heavy atom. The fourth-order valence-electron chi connectivity index (χ4n) is 1.47. The molecule has 2 N–H and O–H groups in total. The van der Waals surface area contributed by atoms with E-state index in [2.05, 4.69) is 5.32 Å². The number of aromatic hydroxyl groups is 1. The highest BCUT2D eigenvalue weighted by Crippen LogP contribution is 2.18. The maximum atomic E-state index is 12.0. The number of benzene rings is 1. The summed E-state index contributed by atoms with van der Waals surface area (Å²) in [5, 5.41) is 12.3. The van der Waals surface area contributed by atoms with E-state index in [0.717, 1.165) is 0 Å². The van der Waals surface area contributed by atoms with Gasteiger partial charge in [0.1, 0.15) is 5.75 Å². The number of phenols is 1. The van der Waals surface area contributed by atoms with Crippen LogP contribution < -0.4 is 5.32 Å². The average Bonchev–Trinajstić information content (AvgIpc) is 2.21. The SMILES string of the molecule is Cc1cc(C(=O)NC(C)(C)CCCl)ccc1O. The van der Waals surface area contributed by atoms with Crippen molar-refractivity contribution in [3.63, 3.8) is 0 Å². The number of carbonyl (C=O) groups is 1. The second-order valence-electron chi connectivity index (χ2n) is 4.78. The molecule has 4 heteroatoms. The van der Waals surface area contributed by atoms with Crippen LogP contribution in [0, 0.1) is 6.92 Å². The highest BCUT2D eigenvalue weighted by molar-refractivity contribution is 6.17. The quantitative estimate of drug-likeness (QED) is 0.813. The summed E-state index contributed by atoms with van der Waals surface area (Å²) in [5.74, 6) is 0.548. The summed E-state index contributed by atoms with van der Waals surface area (Å²) in [6.45, 7) is 5.62. The lowest BCUT2D eigenvalue weighted by molar-refractivity contribution is 0.0911. The van der Waals surface area contributed by atoms with Crippen LogP contribution in [-0.2, 0) is 0 Å². The average molecular weight is 256 g/mol. The molecular weight excluding hydrogens is 238 g/mol. The molecule has 0 aliphatic heterocycles. The van der Waals surface area contributed by atoms with Crippen LogP contribution in [0.15, 0.2) is 18.2 Å². The van der Waals surface area contributed by atoms with Crippen molar-refractivity contribution < 1.29 is 9.90 Å². The molecule has 0 unspecified atom stereocenters. The van der Waals surface area contributed by atoms with E-state index in [0.29, 0.717) is 23.4 Å². The van der Waals surface area contributed by atoms with Crippen molar-refractivity contribution in [2.24, 2.45) is 0 Å².